The molecule has 0 saturated carbocycles. The molecule has 2 heterocycles. The van der Waals surface area contributed by atoms with Crippen LogP contribution in [0.2, 0.25) is 0 Å². The molecule has 2 aliphatic rings. The Bertz CT molecular complexity index is 157. The van der Waals surface area contributed by atoms with Crippen molar-refractivity contribution in [3.05, 3.63) is 0 Å². The summed E-state index contributed by atoms with van der Waals surface area (Å²) in [4.78, 5) is 0. The van der Waals surface area contributed by atoms with Gasteiger partial charge in [0.25, 0.3) is 0 Å². The molecule has 76 valence electrons. The van der Waals surface area contributed by atoms with Crippen molar-refractivity contribution in [1.82, 2.24) is 5.32 Å². The number of hydrogen-bond donors (Lipinski definition) is 1. The van der Waals surface area contributed by atoms with Crippen LogP contribution in [0, 0.1) is 5.92 Å². The Labute approximate surface area is 81.0 Å². The molecule has 1 N–H and O–H groups in total. The molecule has 2 aliphatic heterocycles. The first kappa shape index (κ1) is 9.47. The van der Waals surface area contributed by atoms with E-state index in [4.69, 9.17) is 4.74 Å². The molecule has 2 atom stereocenters. The normalized spacial score (nSPS) is 39.9. The first-order valence-corrected chi connectivity index (χ1v) is 5.61. The zero-order valence-electron chi connectivity index (χ0n) is 8.64. The second-order valence-corrected chi connectivity index (χ2v) is 4.86. The van der Waals surface area contributed by atoms with Gasteiger partial charge in [0.05, 0.1) is 0 Å². The predicted molar refractivity (Wildman–Crippen MR) is 53.8 cm³/mol. The van der Waals surface area contributed by atoms with Crippen molar-refractivity contribution in [3.63, 3.8) is 0 Å². The lowest BCUT2D eigenvalue weighted by atomic mass is 9.89. The molecule has 0 amide bonds. The van der Waals surface area contributed by atoms with Crippen LogP contribution in [0.1, 0.15) is 39.0 Å². The van der Waals surface area contributed by atoms with Crippen molar-refractivity contribution < 1.29 is 4.74 Å². The number of rotatable bonds is 3. The van der Waals surface area contributed by atoms with Crippen LogP contribution in [0.5, 0.6) is 0 Å². The largest absolute Gasteiger partial charge is 0.381 e. The first-order valence-electron chi connectivity index (χ1n) is 5.61. The van der Waals surface area contributed by atoms with E-state index < -0.39 is 0 Å². The second-order valence-electron chi connectivity index (χ2n) is 4.86. The molecule has 0 aromatic rings. The first-order chi connectivity index (χ1) is 6.29. The third-order valence-corrected chi connectivity index (χ3v) is 3.59. The smallest absolute Gasteiger partial charge is 0.0495 e. The summed E-state index contributed by atoms with van der Waals surface area (Å²) in [5.74, 6) is 0.847. The SMILES string of the molecule is CC1(CCC2CCOC2)CCCN1. The highest BCUT2D eigenvalue weighted by Gasteiger charge is 2.29. The molecule has 0 bridgehead atoms. The second kappa shape index (κ2) is 3.97. The van der Waals surface area contributed by atoms with E-state index in [9.17, 15) is 0 Å². The topological polar surface area (TPSA) is 21.3 Å². The van der Waals surface area contributed by atoms with Crippen LogP contribution in [0.3, 0.4) is 0 Å². The lowest BCUT2D eigenvalue weighted by molar-refractivity contribution is 0.181. The van der Waals surface area contributed by atoms with Crippen LogP contribution < -0.4 is 5.32 Å². The van der Waals surface area contributed by atoms with E-state index in [1.54, 1.807) is 0 Å². The van der Waals surface area contributed by atoms with E-state index in [-0.39, 0.29) is 0 Å². The zero-order valence-corrected chi connectivity index (χ0v) is 8.64. The van der Waals surface area contributed by atoms with Crippen molar-refractivity contribution in [2.75, 3.05) is 19.8 Å². The zero-order chi connectivity index (χ0) is 9.15. The van der Waals surface area contributed by atoms with Crippen LogP contribution in [0.4, 0.5) is 0 Å². The Hall–Kier alpha value is -0.0800. The minimum Gasteiger partial charge on any atom is -0.381 e. The molecular weight excluding hydrogens is 162 g/mol. The number of ether oxygens (including phenoxy) is 1. The molecule has 2 unspecified atom stereocenters. The van der Waals surface area contributed by atoms with Crippen LogP contribution in [0.15, 0.2) is 0 Å². The average molecular weight is 183 g/mol. The quantitative estimate of drug-likeness (QED) is 0.722. The highest BCUT2D eigenvalue weighted by Crippen LogP contribution is 2.28. The van der Waals surface area contributed by atoms with Gasteiger partial charge in [-0.05, 0) is 51.5 Å². The predicted octanol–water partition coefficient (Wildman–Crippen LogP) is 1.95. The van der Waals surface area contributed by atoms with Crippen molar-refractivity contribution in [2.45, 2.75) is 44.6 Å². The van der Waals surface area contributed by atoms with E-state index in [1.807, 2.05) is 0 Å². The molecule has 0 aromatic heterocycles. The highest BCUT2D eigenvalue weighted by atomic mass is 16.5. The maximum Gasteiger partial charge on any atom is 0.0495 e. The summed E-state index contributed by atoms with van der Waals surface area (Å²) in [6, 6.07) is 0. The van der Waals surface area contributed by atoms with Gasteiger partial charge in [-0.1, -0.05) is 0 Å². The molecule has 2 rings (SSSR count). The lowest BCUT2D eigenvalue weighted by Crippen LogP contribution is -2.36. The summed E-state index contributed by atoms with van der Waals surface area (Å²) in [6.07, 6.45) is 6.69. The van der Waals surface area contributed by atoms with Gasteiger partial charge in [-0.2, -0.15) is 0 Å². The van der Waals surface area contributed by atoms with Crippen LogP contribution >= 0.6 is 0 Å². The van der Waals surface area contributed by atoms with Gasteiger partial charge in [0, 0.05) is 18.8 Å². The van der Waals surface area contributed by atoms with E-state index in [0.717, 1.165) is 19.1 Å². The fourth-order valence-corrected chi connectivity index (χ4v) is 2.50. The Morgan fingerprint density at radius 1 is 1.54 bits per heavy atom. The minimum atomic E-state index is 0.447. The van der Waals surface area contributed by atoms with E-state index in [1.165, 1.54) is 38.6 Å². The fourth-order valence-electron chi connectivity index (χ4n) is 2.50. The van der Waals surface area contributed by atoms with Gasteiger partial charge in [-0.3, -0.25) is 0 Å². The molecule has 2 saturated heterocycles. The van der Waals surface area contributed by atoms with Crippen molar-refractivity contribution in [2.24, 2.45) is 5.92 Å². The third kappa shape index (κ3) is 2.44. The molecule has 2 nitrogen and oxygen atoms in total. The molecule has 0 aliphatic carbocycles. The summed E-state index contributed by atoms with van der Waals surface area (Å²) in [5.41, 5.74) is 0.447. The average Bonchev–Trinajstić information content (AvgIpc) is 2.72. The molecule has 13 heavy (non-hydrogen) atoms. The third-order valence-electron chi connectivity index (χ3n) is 3.59. The summed E-state index contributed by atoms with van der Waals surface area (Å²) in [7, 11) is 0. The van der Waals surface area contributed by atoms with Crippen LogP contribution in [-0.2, 0) is 4.74 Å². The van der Waals surface area contributed by atoms with Crippen molar-refractivity contribution in [1.29, 1.82) is 0 Å². The van der Waals surface area contributed by atoms with Gasteiger partial charge < -0.3 is 10.1 Å². The van der Waals surface area contributed by atoms with E-state index >= 15 is 0 Å². The maximum atomic E-state index is 5.38. The van der Waals surface area contributed by atoms with Crippen LogP contribution in [-0.4, -0.2) is 25.3 Å². The monoisotopic (exact) mass is 183 g/mol. The van der Waals surface area contributed by atoms with Gasteiger partial charge in [-0.15, -0.1) is 0 Å². The number of hydrogen-bond acceptors (Lipinski definition) is 2. The van der Waals surface area contributed by atoms with Gasteiger partial charge in [0.2, 0.25) is 0 Å². The molecule has 0 radical (unpaired) electrons. The molecule has 0 spiro atoms. The standard InChI is InChI=1S/C11H21NO/c1-11(5-2-7-12-11)6-3-10-4-8-13-9-10/h10,12H,2-9H2,1H3. The lowest BCUT2D eigenvalue weighted by Gasteiger charge is -2.25. The highest BCUT2D eigenvalue weighted by molar-refractivity contribution is 4.89. The summed E-state index contributed by atoms with van der Waals surface area (Å²) in [6.45, 7) is 5.60. The van der Waals surface area contributed by atoms with Gasteiger partial charge >= 0.3 is 0 Å². The maximum absolute atomic E-state index is 5.38. The molecule has 2 fully saturated rings. The van der Waals surface area contributed by atoms with Crippen LogP contribution in [0.25, 0.3) is 0 Å². The summed E-state index contributed by atoms with van der Waals surface area (Å²) < 4.78 is 5.38. The summed E-state index contributed by atoms with van der Waals surface area (Å²) in [5, 5.41) is 3.62. The Morgan fingerprint density at radius 3 is 3.08 bits per heavy atom. The van der Waals surface area contributed by atoms with Crippen molar-refractivity contribution >= 4 is 0 Å². The van der Waals surface area contributed by atoms with Gasteiger partial charge in [0.15, 0.2) is 0 Å². The van der Waals surface area contributed by atoms with Crippen molar-refractivity contribution in [3.8, 4) is 0 Å². The Balaban J connectivity index is 1.71. The number of nitrogens with one attached hydrogen (secondary N) is 1. The van der Waals surface area contributed by atoms with Gasteiger partial charge in [0.1, 0.15) is 0 Å². The Morgan fingerprint density at radius 2 is 2.46 bits per heavy atom. The van der Waals surface area contributed by atoms with Gasteiger partial charge in [-0.25, -0.2) is 0 Å². The molecule has 2 heteroatoms. The van der Waals surface area contributed by atoms with E-state index in [2.05, 4.69) is 12.2 Å². The molecular formula is C11H21NO. The minimum absolute atomic E-state index is 0.447. The van der Waals surface area contributed by atoms with E-state index in [0.29, 0.717) is 5.54 Å². The Kier molecular flexibility index (Phi) is 2.89. The molecule has 0 aromatic carbocycles. The summed E-state index contributed by atoms with van der Waals surface area (Å²) >= 11 is 0. The fraction of sp³-hybridized carbons (Fsp3) is 1.00.